The fraction of sp³-hybridized carbons (Fsp3) is 0.158. The van der Waals surface area contributed by atoms with Gasteiger partial charge in [0.2, 0.25) is 5.91 Å². The number of nitrogens with zero attached hydrogens (tertiary/aromatic N) is 2. The van der Waals surface area contributed by atoms with Crippen molar-refractivity contribution in [2.45, 2.75) is 18.3 Å². The topological polar surface area (TPSA) is 100 Å². The number of carbonyl (C=O) groups is 2. The molecule has 2 N–H and O–H groups in total. The Morgan fingerprint density at radius 1 is 1.25 bits per heavy atom. The van der Waals surface area contributed by atoms with Gasteiger partial charge in [0.1, 0.15) is 17.6 Å². The Hall–Kier alpha value is -2.84. The molecule has 28 heavy (non-hydrogen) atoms. The molecule has 144 valence electrons. The maximum absolute atomic E-state index is 11.7. The molecule has 0 radical (unpaired) electrons. The summed E-state index contributed by atoms with van der Waals surface area (Å²) in [5, 5.41) is 19.4. The lowest BCUT2D eigenvalue weighted by Gasteiger charge is -2.09. The third-order valence-corrected chi connectivity index (χ3v) is 5.18. The van der Waals surface area contributed by atoms with Gasteiger partial charge in [0.15, 0.2) is 5.17 Å². The summed E-state index contributed by atoms with van der Waals surface area (Å²) < 4.78 is 5.84. The normalized spacial score (nSPS) is 17.8. The van der Waals surface area contributed by atoms with Crippen LogP contribution in [-0.2, 0) is 16.2 Å². The Morgan fingerprint density at radius 3 is 2.79 bits per heavy atom. The van der Waals surface area contributed by atoms with Gasteiger partial charge >= 0.3 is 5.97 Å². The zero-order valence-electron chi connectivity index (χ0n) is 14.5. The number of carbonyl (C=O) groups excluding carboxylic acids is 1. The summed E-state index contributed by atoms with van der Waals surface area (Å²) in [6.45, 7) is 0.307. The van der Waals surface area contributed by atoms with Crippen LogP contribution in [-0.4, -0.2) is 33.6 Å². The molecular formula is C19H16ClN3O4S. The molecule has 1 aliphatic rings. The molecule has 1 aliphatic heterocycles. The molecule has 3 rings (SSSR count). The van der Waals surface area contributed by atoms with Crippen LogP contribution in [0.15, 0.2) is 58.7 Å². The highest BCUT2D eigenvalue weighted by Crippen LogP contribution is 2.23. The van der Waals surface area contributed by atoms with Gasteiger partial charge < -0.3 is 15.2 Å². The van der Waals surface area contributed by atoms with Crippen LogP contribution in [0.2, 0.25) is 5.02 Å². The number of aliphatic carboxylic acids is 1. The molecule has 2 aromatic rings. The molecule has 2 aromatic carbocycles. The first-order valence-corrected chi connectivity index (χ1v) is 9.54. The van der Waals surface area contributed by atoms with Crippen molar-refractivity contribution in [1.29, 1.82) is 0 Å². The molecular weight excluding hydrogens is 402 g/mol. The first-order chi connectivity index (χ1) is 13.5. The molecule has 0 bridgehead atoms. The second kappa shape index (κ2) is 9.38. The predicted octanol–water partition coefficient (Wildman–Crippen LogP) is 3.32. The number of ether oxygens (including phenoxy) is 1. The zero-order chi connectivity index (χ0) is 19.9. The van der Waals surface area contributed by atoms with Gasteiger partial charge in [0.05, 0.1) is 12.6 Å². The maximum Gasteiger partial charge on any atom is 0.305 e. The Kier molecular flexibility index (Phi) is 6.67. The van der Waals surface area contributed by atoms with Crippen LogP contribution in [0.1, 0.15) is 17.5 Å². The first-order valence-electron chi connectivity index (χ1n) is 8.28. The summed E-state index contributed by atoms with van der Waals surface area (Å²) in [4.78, 5) is 22.4. The molecule has 1 heterocycles. The van der Waals surface area contributed by atoms with E-state index in [1.807, 2.05) is 36.4 Å². The molecule has 7 nitrogen and oxygen atoms in total. The average Bonchev–Trinajstić information content (AvgIpc) is 3.00. The number of rotatable bonds is 7. The van der Waals surface area contributed by atoms with Crippen LogP contribution in [0.3, 0.4) is 0 Å². The van der Waals surface area contributed by atoms with E-state index in [0.29, 0.717) is 22.9 Å². The predicted molar refractivity (Wildman–Crippen MR) is 109 cm³/mol. The highest BCUT2D eigenvalue weighted by atomic mass is 35.5. The van der Waals surface area contributed by atoms with E-state index in [1.54, 1.807) is 12.1 Å². The molecule has 1 saturated heterocycles. The fourth-order valence-electron chi connectivity index (χ4n) is 2.38. The number of hydrogen-bond acceptors (Lipinski definition) is 6. The Balaban J connectivity index is 1.65. The minimum Gasteiger partial charge on any atom is -0.488 e. The largest absolute Gasteiger partial charge is 0.488 e. The molecule has 1 fully saturated rings. The molecule has 1 atom stereocenters. The van der Waals surface area contributed by atoms with Gasteiger partial charge in [-0.15, -0.1) is 5.10 Å². The molecule has 0 saturated carbocycles. The molecule has 9 heteroatoms. The number of thioether (sulfide) groups is 1. The van der Waals surface area contributed by atoms with Crippen molar-refractivity contribution in [2.75, 3.05) is 0 Å². The van der Waals surface area contributed by atoms with Crippen molar-refractivity contribution in [1.82, 2.24) is 5.32 Å². The van der Waals surface area contributed by atoms with E-state index in [-0.39, 0.29) is 17.5 Å². The van der Waals surface area contributed by atoms with Crippen molar-refractivity contribution in [2.24, 2.45) is 10.2 Å². The quantitative estimate of drug-likeness (QED) is 0.531. The van der Waals surface area contributed by atoms with E-state index in [1.165, 1.54) is 6.21 Å². The standard InChI is InChI=1S/C19H16ClN3O4S/c20-14-7-3-1-6-13(14)11-27-15-8-4-2-5-12(15)10-21-23-19-22-18(26)16(28-19)9-17(24)25/h1-8,10,16H,9,11H2,(H,24,25)(H,22,23,26)/b21-10-/t16-/m0/s1. The van der Waals surface area contributed by atoms with E-state index in [9.17, 15) is 9.59 Å². The smallest absolute Gasteiger partial charge is 0.305 e. The van der Waals surface area contributed by atoms with Crippen LogP contribution in [0, 0.1) is 0 Å². The van der Waals surface area contributed by atoms with Crippen LogP contribution >= 0.6 is 23.4 Å². The van der Waals surface area contributed by atoms with Gasteiger partial charge in [-0.05, 0) is 18.2 Å². The van der Waals surface area contributed by atoms with E-state index >= 15 is 0 Å². The van der Waals surface area contributed by atoms with Gasteiger partial charge in [-0.2, -0.15) is 5.10 Å². The van der Waals surface area contributed by atoms with Gasteiger partial charge in [-0.25, -0.2) is 0 Å². The Labute approximate surface area is 170 Å². The van der Waals surface area contributed by atoms with Crippen molar-refractivity contribution in [3.05, 3.63) is 64.7 Å². The van der Waals surface area contributed by atoms with Gasteiger partial charge in [-0.3, -0.25) is 9.59 Å². The number of carboxylic acid groups (broad SMARTS) is 1. The third-order valence-electron chi connectivity index (χ3n) is 3.74. The number of amides is 1. The number of benzene rings is 2. The molecule has 0 spiro atoms. The summed E-state index contributed by atoms with van der Waals surface area (Å²) in [6.07, 6.45) is 1.24. The SMILES string of the molecule is O=C(O)C[C@@H]1S/C(=N\N=C/c2ccccc2OCc2ccccc2Cl)NC1=O. The minimum absolute atomic E-state index is 0.266. The highest BCUT2D eigenvalue weighted by molar-refractivity contribution is 8.15. The monoisotopic (exact) mass is 417 g/mol. The summed E-state index contributed by atoms with van der Waals surface area (Å²) in [6, 6.07) is 14.7. The number of carboxylic acids is 1. The average molecular weight is 418 g/mol. The van der Waals surface area contributed by atoms with Crippen molar-refractivity contribution >= 4 is 46.6 Å². The summed E-state index contributed by atoms with van der Waals surface area (Å²) >= 11 is 7.19. The van der Waals surface area contributed by atoms with Gasteiger partial charge in [0, 0.05) is 16.1 Å². The van der Waals surface area contributed by atoms with Crippen LogP contribution < -0.4 is 10.1 Å². The van der Waals surface area contributed by atoms with E-state index < -0.39 is 11.2 Å². The van der Waals surface area contributed by atoms with Crippen molar-refractivity contribution < 1.29 is 19.4 Å². The van der Waals surface area contributed by atoms with E-state index in [0.717, 1.165) is 17.3 Å². The minimum atomic E-state index is -1.04. The second-order valence-electron chi connectivity index (χ2n) is 5.76. The zero-order valence-corrected chi connectivity index (χ0v) is 16.1. The molecule has 1 amide bonds. The van der Waals surface area contributed by atoms with Gasteiger partial charge in [0.25, 0.3) is 0 Å². The van der Waals surface area contributed by atoms with E-state index in [2.05, 4.69) is 15.5 Å². The summed E-state index contributed by atoms with van der Waals surface area (Å²) in [5.74, 6) is -0.815. The number of amidine groups is 1. The van der Waals surface area contributed by atoms with E-state index in [4.69, 9.17) is 21.4 Å². The third kappa shape index (κ3) is 5.34. The summed E-state index contributed by atoms with van der Waals surface area (Å²) in [7, 11) is 0. The fourth-order valence-corrected chi connectivity index (χ4v) is 3.48. The maximum atomic E-state index is 11.7. The lowest BCUT2D eigenvalue weighted by molar-refractivity contribution is -0.138. The molecule has 0 unspecified atom stereocenters. The highest BCUT2D eigenvalue weighted by Gasteiger charge is 2.32. The molecule has 0 aromatic heterocycles. The lowest BCUT2D eigenvalue weighted by atomic mass is 10.2. The van der Waals surface area contributed by atoms with Crippen LogP contribution in [0.25, 0.3) is 0 Å². The number of nitrogens with one attached hydrogen (secondary N) is 1. The van der Waals surface area contributed by atoms with Gasteiger partial charge in [-0.1, -0.05) is 53.7 Å². The van der Waals surface area contributed by atoms with Crippen LogP contribution in [0.4, 0.5) is 0 Å². The van der Waals surface area contributed by atoms with Crippen molar-refractivity contribution in [3.8, 4) is 5.75 Å². The Morgan fingerprint density at radius 2 is 2.00 bits per heavy atom. The van der Waals surface area contributed by atoms with Crippen molar-refractivity contribution in [3.63, 3.8) is 0 Å². The second-order valence-corrected chi connectivity index (χ2v) is 7.36. The first kappa shape index (κ1) is 19.9. The number of para-hydroxylation sites is 1. The lowest BCUT2D eigenvalue weighted by Crippen LogP contribution is -2.26. The number of hydrogen-bond donors (Lipinski definition) is 2. The number of halogens is 1. The summed E-state index contributed by atoms with van der Waals surface area (Å²) in [5.41, 5.74) is 1.57. The Bertz CT molecular complexity index is 948. The molecule has 0 aliphatic carbocycles. The van der Waals surface area contributed by atoms with Crippen LogP contribution in [0.5, 0.6) is 5.75 Å².